The number of primary amides is 1. The number of carbonyl (C=O) groups is 5. The maximum atomic E-state index is 14.7. The highest BCUT2D eigenvalue weighted by molar-refractivity contribution is 6.37. The Hall–Kier alpha value is -2.65. The number of amides is 5. The van der Waals surface area contributed by atoms with Crippen LogP contribution in [0.2, 0.25) is 0 Å². The first-order valence-electron chi connectivity index (χ1n) is 20.5. The van der Waals surface area contributed by atoms with Gasteiger partial charge in [0.15, 0.2) is 0 Å². The van der Waals surface area contributed by atoms with Gasteiger partial charge in [-0.2, -0.15) is 0 Å². The van der Waals surface area contributed by atoms with Crippen LogP contribution in [-0.2, 0) is 19.2 Å². The zero-order chi connectivity index (χ0) is 43.7. The molecule has 3 fully saturated rings. The summed E-state index contributed by atoms with van der Waals surface area (Å²) < 4.78 is 148. The first kappa shape index (κ1) is 12.9. The fraction of sp³-hybridized carbons (Fsp3) is 0.815. The lowest BCUT2D eigenvalue weighted by Gasteiger charge is -2.38. The molecule has 37 heavy (non-hydrogen) atoms. The van der Waals surface area contributed by atoms with Crippen LogP contribution in [0, 0.1) is 28.6 Å². The third kappa shape index (κ3) is 6.26. The average molecular weight is 538 g/mol. The first-order chi connectivity index (χ1) is 24.0. The van der Waals surface area contributed by atoms with Crippen molar-refractivity contribution < 1.29 is 48.6 Å². The summed E-state index contributed by atoms with van der Waals surface area (Å²) in [6, 6.07) is -9.36. The molecule has 3 rings (SSSR count). The molecule has 2 aliphatic carbocycles. The fourth-order valence-electron chi connectivity index (χ4n) is 4.72. The summed E-state index contributed by atoms with van der Waals surface area (Å²) in [6.45, 7) is -5.20. The fourth-order valence-corrected chi connectivity index (χ4v) is 4.72. The van der Waals surface area contributed by atoms with Crippen LogP contribution in [0.25, 0.3) is 0 Å². The van der Waals surface area contributed by atoms with Crippen LogP contribution in [0.1, 0.15) is 105 Å². The third-order valence-corrected chi connectivity index (χ3v) is 6.66. The average Bonchev–Trinajstić information content (AvgIpc) is 3.26. The molecular weight excluding hydrogens is 474 g/mol. The van der Waals surface area contributed by atoms with E-state index in [0.717, 1.165) is 0 Å². The molecule has 0 unspecified atom stereocenters. The number of nitrogens with one attached hydrogen (secondary N) is 3. The summed E-state index contributed by atoms with van der Waals surface area (Å²) in [5.74, 6) is -12.8. The Labute approximate surface area is 245 Å². The molecule has 0 radical (unpaired) electrons. The molecule has 1 aliphatic heterocycles. The van der Waals surface area contributed by atoms with Gasteiger partial charge in [0.2, 0.25) is 17.6 Å². The SMILES string of the molecule is [2H]C([2H])([2H])C([C@H](NC(=O)NC(C)(C)C)C(=O)N1C[C@H]2[C@@H]([C@H]1C(=O)N[C@H](C(=O)C(N)=O)C([2H])([2H])C1([2H])C([2H])([2H])C([2H])([2H])C1([2H])[2H])C2(C)C)(C([2H])([2H])[2H])C([2H])([2H])[2H]. The normalized spacial score (nSPS) is 39.8. The lowest BCUT2D eigenvalue weighted by molar-refractivity contribution is -0.145. The Morgan fingerprint density at radius 3 is 2.32 bits per heavy atom. The molecule has 10 heteroatoms. The topological polar surface area (TPSA) is 151 Å². The van der Waals surface area contributed by atoms with Gasteiger partial charge in [-0.15, -0.1) is 0 Å². The molecule has 0 aromatic rings. The van der Waals surface area contributed by atoms with E-state index in [2.05, 4.69) is 5.32 Å². The number of hydrogen-bond acceptors (Lipinski definition) is 5. The number of Topliss-reactive ketones (excluding diaryl/α,β-unsaturated/α-hetero) is 1. The van der Waals surface area contributed by atoms with E-state index in [9.17, 15) is 24.0 Å². The van der Waals surface area contributed by atoms with Crippen molar-refractivity contribution in [3.8, 4) is 0 Å². The number of fused-ring (bicyclic) bond motifs is 1. The van der Waals surface area contributed by atoms with Gasteiger partial charge in [-0.3, -0.25) is 19.2 Å². The molecule has 5 N–H and O–H groups in total. The zero-order valence-electron chi connectivity index (χ0n) is 39.2. The largest absolute Gasteiger partial charge is 0.363 e. The Kier molecular flexibility index (Phi) is 3.46. The molecule has 0 bridgehead atoms. The number of rotatable bonds is 8. The highest BCUT2D eigenvalue weighted by atomic mass is 16.2. The summed E-state index contributed by atoms with van der Waals surface area (Å²) in [4.78, 5) is 68.1. The minimum atomic E-state index is -4.07. The molecule has 0 spiro atoms. The predicted molar refractivity (Wildman–Crippen MR) is 139 cm³/mol. The van der Waals surface area contributed by atoms with Crippen molar-refractivity contribution >= 4 is 29.5 Å². The van der Waals surface area contributed by atoms with Crippen LogP contribution in [0.15, 0.2) is 0 Å². The predicted octanol–water partition coefficient (Wildman–Crippen LogP) is 1.71. The van der Waals surface area contributed by atoms with E-state index in [1.54, 1.807) is 13.8 Å². The second kappa shape index (κ2) is 9.91. The van der Waals surface area contributed by atoms with Crippen molar-refractivity contribution in [2.24, 2.45) is 34.3 Å². The number of ketones is 1. The molecule has 2 saturated carbocycles. The summed E-state index contributed by atoms with van der Waals surface area (Å²) in [6.07, 6.45) is -15.0. The molecule has 208 valence electrons. The van der Waals surface area contributed by atoms with E-state index in [4.69, 9.17) is 30.4 Å². The second-order valence-electron chi connectivity index (χ2n) is 11.0. The van der Waals surface area contributed by atoms with Gasteiger partial charge in [-0.05, 0) is 55.7 Å². The van der Waals surface area contributed by atoms with Gasteiger partial charge in [0.1, 0.15) is 12.1 Å². The molecule has 1 saturated heterocycles. The van der Waals surface area contributed by atoms with E-state index in [1.165, 1.54) is 20.8 Å². The molecule has 10 nitrogen and oxygen atoms in total. The van der Waals surface area contributed by atoms with E-state index in [-0.39, 0.29) is 0 Å². The number of likely N-dealkylation sites (tertiary alicyclic amines) is 1. The lowest BCUT2D eigenvalue weighted by atomic mass is 9.80. The lowest BCUT2D eigenvalue weighted by Crippen LogP contribution is -2.62. The second-order valence-corrected chi connectivity index (χ2v) is 11.0. The minimum Gasteiger partial charge on any atom is -0.363 e. The molecule has 3 aliphatic rings. The van der Waals surface area contributed by atoms with Gasteiger partial charge in [-0.25, -0.2) is 4.79 Å². The minimum absolute atomic E-state index is 0.526. The van der Waals surface area contributed by atoms with Crippen molar-refractivity contribution in [3.63, 3.8) is 0 Å². The van der Waals surface area contributed by atoms with Crippen molar-refractivity contribution in [2.75, 3.05) is 6.54 Å². The summed E-state index contributed by atoms with van der Waals surface area (Å²) in [5, 5.41) is 6.03. The van der Waals surface area contributed by atoms with Crippen molar-refractivity contribution in [2.45, 2.75) is 104 Å². The van der Waals surface area contributed by atoms with E-state index >= 15 is 0 Å². The number of urea groups is 1. The number of carbonyl (C=O) groups excluding carboxylic acids is 5. The molecule has 0 aromatic carbocycles. The Morgan fingerprint density at radius 2 is 1.78 bits per heavy atom. The van der Waals surface area contributed by atoms with Crippen molar-refractivity contribution in [1.82, 2.24) is 20.9 Å². The van der Waals surface area contributed by atoms with Gasteiger partial charge < -0.3 is 26.6 Å². The molecule has 5 atom stereocenters. The third-order valence-electron chi connectivity index (χ3n) is 6.66. The van der Waals surface area contributed by atoms with Gasteiger partial charge in [0.05, 0.1) is 6.04 Å². The van der Waals surface area contributed by atoms with Crippen molar-refractivity contribution in [1.29, 1.82) is 0 Å². The first-order valence-corrected chi connectivity index (χ1v) is 11.5. The maximum Gasteiger partial charge on any atom is 0.315 e. The van der Waals surface area contributed by atoms with Crippen LogP contribution in [0.4, 0.5) is 4.79 Å². The molecule has 0 aromatic heterocycles. The number of nitrogens with zero attached hydrogens (tertiary/aromatic N) is 1. The van der Waals surface area contributed by atoms with Crippen LogP contribution >= 0.6 is 0 Å². The summed E-state index contributed by atoms with van der Waals surface area (Å²) >= 11 is 0. The highest BCUT2D eigenvalue weighted by Gasteiger charge is 2.70. The quantitative estimate of drug-likeness (QED) is 0.348. The number of piperidine rings is 1. The highest BCUT2D eigenvalue weighted by Crippen LogP contribution is 2.65. The Morgan fingerprint density at radius 1 is 1.16 bits per heavy atom. The zero-order valence-corrected chi connectivity index (χ0v) is 21.2. The molecule has 5 amide bonds. The van der Waals surface area contributed by atoms with Crippen LogP contribution in [0.3, 0.4) is 0 Å². The Balaban J connectivity index is 2.26. The van der Waals surface area contributed by atoms with Crippen LogP contribution < -0.4 is 21.7 Å². The van der Waals surface area contributed by atoms with Crippen LogP contribution in [-0.4, -0.2) is 64.6 Å². The van der Waals surface area contributed by atoms with Gasteiger partial charge >= 0.3 is 6.03 Å². The van der Waals surface area contributed by atoms with E-state index in [0.29, 0.717) is 4.90 Å². The molecular formula is C27H45N5O5. The van der Waals surface area contributed by atoms with Crippen molar-refractivity contribution in [3.05, 3.63) is 0 Å². The van der Waals surface area contributed by atoms with Gasteiger partial charge in [0, 0.05) is 36.8 Å². The van der Waals surface area contributed by atoms with Gasteiger partial charge in [-0.1, -0.05) is 53.5 Å². The maximum absolute atomic E-state index is 14.7. The standard InChI is InChI=1S/C27H45N5O5/c1-25(2,3)20(30-24(37)31-26(4,5)6)23(36)32-13-15-17(27(15,7)8)18(32)22(35)29-16(19(33)21(28)34)12-14-10-9-11-14/h14-18,20H,9-13H2,1-8H3,(H2,28,34)(H,29,35)(H2,30,31,37)/t15-,16-,17-,18-,20+/m0/s1/i1D3,2D3,3D3,9D2,10D2,11D2,12D2,14D. The Bertz CT molecular complexity index is 1580. The van der Waals surface area contributed by atoms with E-state index < -0.39 is 134 Å². The van der Waals surface area contributed by atoms with Crippen LogP contribution in [0.5, 0.6) is 0 Å². The smallest absolute Gasteiger partial charge is 0.315 e. The monoisotopic (exact) mass is 537 g/mol. The van der Waals surface area contributed by atoms with E-state index in [1.807, 2.05) is 10.6 Å². The summed E-state index contributed by atoms with van der Waals surface area (Å²) in [7, 11) is 0. The summed E-state index contributed by atoms with van der Waals surface area (Å²) in [5.41, 5.74) is -0.943. The number of hydrogen-bond donors (Lipinski definition) is 4. The molecule has 1 heterocycles. The van der Waals surface area contributed by atoms with Gasteiger partial charge in [0.25, 0.3) is 5.91 Å². The number of nitrogens with two attached hydrogens (primary N) is 1.